The van der Waals surface area contributed by atoms with Gasteiger partial charge in [-0.15, -0.1) is 10.2 Å². The van der Waals surface area contributed by atoms with Crippen molar-refractivity contribution in [2.24, 2.45) is 5.10 Å². The Morgan fingerprint density at radius 2 is 1.74 bits per heavy atom. The molecule has 0 saturated carbocycles. The lowest BCUT2D eigenvalue weighted by Crippen LogP contribution is -2.20. The Morgan fingerprint density at radius 3 is 2.55 bits per heavy atom. The molecule has 0 unspecified atom stereocenters. The summed E-state index contributed by atoms with van der Waals surface area (Å²) in [6, 6.07) is 29.0. The fraction of sp³-hybridized carbons (Fsp3) is 0.0714. The zero-order chi connectivity index (χ0) is 26.3. The Morgan fingerprint density at radius 1 is 0.974 bits per heavy atom. The SMILES string of the molecule is O=C(CSc1nnc(CNc2ccc(I)cc2)n1-c1ccccc1)N/N=C/c1c(O)ccc2ccccc12. The Kier molecular flexibility index (Phi) is 8.19. The van der Waals surface area contributed by atoms with E-state index >= 15 is 0 Å². The smallest absolute Gasteiger partial charge is 0.250 e. The Labute approximate surface area is 237 Å². The van der Waals surface area contributed by atoms with E-state index in [2.05, 4.69) is 48.6 Å². The van der Waals surface area contributed by atoms with Gasteiger partial charge in [0.15, 0.2) is 11.0 Å². The number of fused-ring (bicyclic) bond motifs is 1. The number of hydrazone groups is 1. The number of hydrogen-bond donors (Lipinski definition) is 3. The van der Waals surface area contributed by atoms with Crippen molar-refractivity contribution in [2.45, 2.75) is 11.7 Å². The number of carbonyl (C=O) groups is 1. The van der Waals surface area contributed by atoms with E-state index in [4.69, 9.17) is 0 Å². The molecule has 0 aliphatic heterocycles. The van der Waals surface area contributed by atoms with Crippen molar-refractivity contribution in [1.29, 1.82) is 0 Å². The number of nitrogens with one attached hydrogen (secondary N) is 2. The van der Waals surface area contributed by atoms with Gasteiger partial charge in [-0.05, 0) is 75.8 Å². The van der Waals surface area contributed by atoms with Gasteiger partial charge in [-0.2, -0.15) is 5.10 Å². The summed E-state index contributed by atoms with van der Waals surface area (Å²) < 4.78 is 3.10. The first kappa shape index (κ1) is 25.7. The summed E-state index contributed by atoms with van der Waals surface area (Å²) in [6.45, 7) is 0.466. The van der Waals surface area contributed by atoms with Crippen molar-refractivity contribution in [1.82, 2.24) is 20.2 Å². The number of aromatic nitrogens is 3. The van der Waals surface area contributed by atoms with Crippen molar-refractivity contribution >= 4 is 62.9 Å². The van der Waals surface area contributed by atoms with Crippen LogP contribution in [0.15, 0.2) is 101 Å². The molecule has 0 aliphatic carbocycles. The lowest BCUT2D eigenvalue weighted by atomic mass is 10.0. The highest BCUT2D eigenvalue weighted by Crippen LogP contribution is 2.26. The average Bonchev–Trinajstić information content (AvgIpc) is 3.36. The molecule has 0 saturated heterocycles. The van der Waals surface area contributed by atoms with Gasteiger partial charge in [0.05, 0.1) is 18.5 Å². The van der Waals surface area contributed by atoms with E-state index in [1.54, 1.807) is 6.07 Å². The molecule has 0 atom stereocenters. The molecule has 8 nitrogen and oxygen atoms in total. The quantitative estimate of drug-likeness (QED) is 0.0847. The van der Waals surface area contributed by atoms with Crippen molar-refractivity contribution in [3.8, 4) is 11.4 Å². The normalized spacial score (nSPS) is 11.2. The predicted octanol–water partition coefficient (Wildman–Crippen LogP) is 5.59. The number of anilines is 1. The number of nitrogens with zero attached hydrogens (tertiary/aromatic N) is 4. The van der Waals surface area contributed by atoms with Gasteiger partial charge in [-0.1, -0.05) is 60.3 Å². The largest absolute Gasteiger partial charge is 0.507 e. The van der Waals surface area contributed by atoms with Crippen LogP contribution in [0.2, 0.25) is 0 Å². The molecule has 0 radical (unpaired) electrons. The first-order valence-corrected chi connectivity index (χ1v) is 13.8. The number of phenols is 1. The van der Waals surface area contributed by atoms with Gasteiger partial charge in [0.25, 0.3) is 5.91 Å². The number of hydrogen-bond acceptors (Lipinski definition) is 7. The maximum Gasteiger partial charge on any atom is 0.250 e. The monoisotopic (exact) mass is 634 g/mol. The third kappa shape index (κ3) is 6.14. The van der Waals surface area contributed by atoms with Gasteiger partial charge in [-0.25, -0.2) is 5.43 Å². The molecular formula is C28H23IN6O2S. The highest BCUT2D eigenvalue weighted by molar-refractivity contribution is 14.1. The molecule has 0 aliphatic rings. The number of phenolic OH excluding ortho intramolecular Hbond substituents is 1. The van der Waals surface area contributed by atoms with Gasteiger partial charge in [-0.3, -0.25) is 9.36 Å². The van der Waals surface area contributed by atoms with Crippen LogP contribution >= 0.6 is 34.4 Å². The molecule has 0 bridgehead atoms. The third-order valence-electron chi connectivity index (χ3n) is 5.67. The molecule has 10 heteroatoms. The van der Waals surface area contributed by atoms with E-state index < -0.39 is 0 Å². The van der Waals surface area contributed by atoms with Gasteiger partial charge in [0, 0.05) is 20.5 Å². The van der Waals surface area contributed by atoms with Crippen molar-refractivity contribution in [3.63, 3.8) is 0 Å². The van der Waals surface area contributed by atoms with E-state index in [0.29, 0.717) is 17.3 Å². The summed E-state index contributed by atoms with van der Waals surface area (Å²) in [5, 5.41) is 28.9. The highest BCUT2D eigenvalue weighted by atomic mass is 127. The van der Waals surface area contributed by atoms with Crippen LogP contribution in [0.4, 0.5) is 5.69 Å². The van der Waals surface area contributed by atoms with E-state index in [0.717, 1.165) is 31.5 Å². The van der Waals surface area contributed by atoms with Crippen LogP contribution in [0.25, 0.3) is 16.5 Å². The third-order valence-corrected chi connectivity index (χ3v) is 7.32. The number of aromatic hydroxyl groups is 1. The summed E-state index contributed by atoms with van der Waals surface area (Å²) in [7, 11) is 0. The first-order valence-electron chi connectivity index (χ1n) is 11.7. The lowest BCUT2D eigenvalue weighted by molar-refractivity contribution is -0.118. The van der Waals surface area contributed by atoms with Crippen LogP contribution in [-0.2, 0) is 11.3 Å². The molecular weight excluding hydrogens is 611 g/mol. The minimum Gasteiger partial charge on any atom is -0.507 e. The molecule has 1 aromatic heterocycles. The van der Waals surface area contributed by atoms with Gasteiger partial charge in [0.1, 0.15) is 5.75 Å². The molecule has 5 aromatic rings. The molecule has 1 heterocycles. The second-order valence-electron chi connectivity index (χ2n) is 8.23. The van der Waals surface area contributed by atoms with Crippen LogP contribution < -0.4 is 10.7 Å². The average molecular weight is 635 g/mol. The Balaban J connectivity index is 1.27. The zero-order valence-electron chi connectivity index (χ0n) is 20.1. The van der Waals surface area contributed by atoms with E-state index in [1.807, 2.05) is 89.5 Å². The molecule has 1 amide bonds. The van der Waals surface area contributed by atoms with Gasteiger partial charge >= 0.3 is 0 Å². The highest BCUT2D eigenvalue weighted by Gasteiger charge is 2.16. The van der Waals surface area contributed by atoms with E-state index in [-0.39, 0.29) is 17.4 Å². The minimum absolute atomic E-state index is 0.0916. The predicted molar refractivity (Wildman–Crippen MR) is 160 cm³/mol. The molecule has 190 valence electrons. The Hall–Kier alpha value is -3.90. The fourth-order valence-electron chi connectivity index (χ4n) is 3.84. The number of carbonyl (C=O) groups excluding carboxylic acids is 1. The van der Waals surface area contributed by atoms with Crippen molar-refractivity contribution in [2.75, 3.05) is 11.1 Å². The topological polar surface area (TPSA) is 104 Å². The summed E-state index contributed by atoms with van der Waals surface area (Å²) in [5.74, 6) is 0.613. The minimum atomic E-state index is -0.299. The molecule has 5 rings (SSSR count). The Bertz CT molecular complexity index is 1590. The fourth-order valence-corrected chi connectivity index (χ4v) is 4.97. The number of para-hydroxylation sites is 1. The van der Waals surface area contributed by atoms with Gasteiger partial charge < -0.3 is 10.4 Å². The molecule has 0 fully saturated rings. The number of thioether (sulfide) groups is 1. The van der Waals surface area contributed by atoms with Crippen LogP contribution in [0.5, 0.6) is 5.75 Å². The number of amides is 1. The molecule has 38 heavy (non-hydrogen) atoms. The number of halogens is 1. The van der Waals surface area contributed by atoms with Crippen LogP contribution in [0.3, 0.4) is 0 Å². The summed E-state index contributed by atoms with van der Waals surface area (Å²) in [4.78, 5) is 12.6. The molecule has 4 aromatic carbocycles. The number of rotatable bonds is 9. The standard InChI is InChI=1S/C28H23IN6O2S/c29-20-11-13-21(14-12-20)30-17-26-32-34-28(35(26)22-7-2-1-3-8-22)38-18-27(37)33-31-16-24-23-9-5-4-6-19(23)10-15-25(24)36/h1-16,30,36H,17-18H2,(H,33,37)/b31-16+. The lowest BCUT2D eigenvalue weighted by Gasteiger charge is -2.11. The summed E-state index contributed by atoms with van der Waals surface area (Å²) in [5.41, 5.74) is 4.97. The second-order valence-corrected chi connectivity index (χ2v) is 10.4. The maximum atomic E-state index is 12.6. The van der Waals surface area contributed by atoms with Crippen LogP contribution in [-0.4, -0.2) is 37.7 Å². The molecule has 0 spiro atoms. The van der Waals surface area contributed by atoms with Crippen LogP contribution in [0, 0.1) is 3.57 Å². The van der Waals surface area contributed by atoms with Gasteiger partial charge in [0.2, 0.25) is 0 Å². The second kappa shape index (κ2) is 12.1. The van der Waals surface area contributed by atoms with E-state index in [1.165, 1.54) is 18.0 Å². The summed E-state index contributed by atoms with van der Waals surface area (Å²) in [6.07, 6.45) is 1.46. The first-order chi connectivity index (χ1) is 18.6. The van der Waals surface area contributed by atoms with Crippen molar-refractivity contribution in [3.05, 3.63) is 106 Å². The molecule has 3 N–H and O–H groups in total. The van der Waals surface area contributed by atoms with Crippen LogP contribution in [0.1, 0.15) is 11.4 Å². The zero-order valence-corrected chi connectivity index (χ0v) is 23.1. The van der Waals surface area contributed by atoms with E-state index in [9.17, 15) is 9.90 Å². The maximum absolute atomic E-state index is 12.6. The van der Waals surface area contributed by atoms with Crippen molar-refractivity contribution < 1.29 is 9.90 Å². The summed E-state index contributed by atoms with van der Waals surface area (Å²) >= 11 is 3.55. The number of benzene rings is 4.